The second-order valence-corrected chi connectivity index (χ2v) is 15.4. The average molecular weight is 710 g/mol. The first-order valence-electron chi connectivity index (χ1n) is 20.1. The molecule has 0 radical (unpaired) electrons. The van der Waals surface area contributed by atoms with Gasteiger partial charge in [-0.05, 0) is 138 Å². The number of nitrogens with one attached hydrogen (secondary N) is 1. The second kappa shape index (κ2) is 17.1. The Morgan fingerprint density at radius 2 is 1.60 bits per heavy atom. The van der Waals surface area contributed by atoms with Gasteiger partial charge in [-0.1, -0.05) is 81.3 Å². The normalized spacial score (nSPS) is 17.7. The Bertz CT molecular complexity index is 1900. The molecule has 5 heteroatoms. The molecule has 2 heterocycles. The SMILES string of the molecule is CCCc1cc(C2C=C(CN3CCC(N(Cc4cccc(-c5cc(OC)c(OC)c(C6CC6)c5)c4)c4ccccc4)CC3)C=CN2)cc(C)c1CCC. The lowest BCUT2D eigenvalue weighted by molar-refractivity contribution is 0.224. The van der Waals surface area contributed by atoms with E-state index in [-0.39, 0.29) is 6.04 Å². The summed E-state index contributed by atoms with van der Waals surface area (Å²) in [4.78, 5) is 5.31. The summed E-state index contributed by atoms with van der Waals surface area (Å²) in [5, 5.41) is 3.66. The molecule has 4 aromatic rings. The van der Waals surface area contributed by atoms with Gasteiger partial charge >= 0.3 is 0 Å². The van der Waals surface area contributed by atoms with Crippen LogP contribution < -0.4 is 19.7 Å². The van der Waals surface area contributed by atoms with Gasteiger partial charge in [-0.3, -0.25) is 4.90 Å². The van der Waals surface area contributed by atoms with Crippen molar-refractivity contribution in [3.05, 3.63) is 136 Å². The first-order valence-corrected chi connectivity index (χ1v) is 20.1. The van der Waals surface area contributed by atoms with Crippen molar-refractivity contribution >= 4 is 5.69 Å². The fourth-order valence-corrected chi connectivity index (χ4v) is 8.68. The Kier molecular flexibility index (Phi) is 11.9. The maximum absolute atomic E-state index is 5.81. The van der Waals surface area contributed by atoms with Crippen molar-refractivity contribution in [3.63, 3.8) is 0 Å². The van der Waals surface area contributed by atoms with Crippen LogP contribution in [0.25, 0.3) is 11.1 Å². The maximum atomic E-state index is 5.81. The summed E-state index contributed by atoms with van der Waals surface area (Å²) in [5.74, 6) is 2.27. The van der Waals surface area contributed by atoms with Gasteiger partial charge in [0.2, 0.25) is 0 Å². The minimum atomic E-state index is 0.223. The maximum Gasteiger partial charge on any atom is 0.164 e. The lowest BCUT2D eigenvalue weighted by Gasteiger charge is -2.40. The van der Waals surface area contributed by atoms with Crippen LogP contribution in [-0.2, 0) is 19.4 Å². The van der Waals surface area contributed by atoms with Gasteiger partial charge < -0.3 is 19.7 Å². The summed E-state index contributed by atoms with van der Waals surface area (Å²) in [7, 11) is 3.49. The Morgan fingerprint density at radius 1 is 0.811 bits per heavy atom. The summed E-state index contributed by atoms with van der Waals surface area (Å²) in [6.45, 7) is 11.0. The van der Waals surface area contributed by atoms with Gasteiger partial charge in [0.1, 0.15) is 0 Å². The predicted molar refractivity (Wildman–Crippen MR) is 221 cm³/mol. The number of para-hydroxylation sites is 1. The molecule has 0 amide bonds. The molecule has 1 saturated carbocycles. The first kappa shape index (κ1) is 36.9. The zero-order valence-corrected chi connectivity index (χ0v) is 32.7. The van der Waals surface area contributed by atoms with Crippen LogP contribution >= 0.6 is 0 Å². The number of rotatable bonds is 15. The van der Waals surface area contributed by atoms with Crippen LogP contribution in [0.15, 0.2) is 103 Å². The third-order valence-corrected chi connectivity index (χ3v) is 11.6. The number of anilines is 1. The quantitative estimate of drug-likeness (QED) is 0.133. The molecule has 2 fully saturated rings. The average Bonchev–Trinajstić information content (AvgIpc) is 4.05. The number of dihydropyridines is 1. The Hall–Kier alpha value is -4.48. The van der Waals surface area contributed by atoms with Crippen LogP contribution in [-0.4, -0.2) is 44.8 Å². The molecule has 1 aliphatic carbocycles. The van der Waals surface area contributed by atoms with Crippen molar-refractivity contribution in [2.75, 3.05) is 38.8 Å². The molecule has 4 aromatic carbocycles. The van der Waals surface area contributed by atoms with Crippen LogP contribution in [0.5, 0.6) is 11.5 Å². The van der Waals surface area contributed by atoms with E-state index in [9.17, 15) is 0 Å². The summed E-state index contributed by atoms with van der Waals surface area (Å²) >= 11 is 0. The van der Waals surface area contributed by atoms with E-state index >= 15 is 0 Å². The number of aryl methyl sites for hydroxylation is 2. The van der Waals surface area contributed by atoms with Crippen molar-refractivity contribution in [3.8, 4) is 22.6 Å². The third kappa shape index (κ3) is 8.68. The van der Waals surface area contributed by atoms with Crippen molar-refractivity contribution in [2.24, 2.45) is 0 Å². The standard InChI is InChI=1S/C48H59N3O2/c1-6-12-39-29-41(26-34(3)44(39)13-7-2)46-28-36(20-23-49-46)32-50-24-21-43(22-25-50)51(42-16-9-8-10-17-42)33-35-14-11-15-38(27-35)40-30-45(37-18-19-37)48(53-5)47(31-40)52-4/h8-11,14-17,20,23,26-31,37,43,46,49H,6-7,12-13,18-19,21-22,24-25,32-33H2,1-5H3. The zero-order chi connectivity index (χ0) is 36.7. The molecule has 53 heavy (non-hydrogen) atoms. The minimum absolute atomic E-state index is 0.223. The smallest absolute Gasteiger partial charge is 0.164 e. The minimum Gasteiger partial charge on any atom is -0.493 e. The number of nitrogens with zero attached hydrogens (tertiary/aromatic N) is 2. The van der Waals surface area contributed by atoms with E-state index in [1.54, 1.807) is 19.8 Å². The highest BCUT2D eigenvalue weighted by Crippen LogP contribution is 2.49. The van der Waals surface area contributed by atoms with Crippen LogP contribution in [0.3, 0.4) is 0 Å². The molecule has 1 N–H and O–H groups in total. The van der Waals surface area contributed by atoms with Crippen molar-refractivity contribution in [1.82, 2.24) is 10.2 Å². The summed E-state index contributed by atoms with van der Waals surface area (Å²) in [5.41, 5.74) is 13.7. The number of piperidine rings is 1. The molecule has 0 aromatic heterocycles. The molecule has 1 saturated heterocycles. The van der Waals surface area contributed by atoms with Crippen molar-refractivity contribution < 1.29 is 9.47 Å². The lowest BCUT2D eigenvalue weighted by Crippen LogP contribution is -2.45. The highest BCUT2D eigenvalue weighted by Gasteiger charge is 2.30. The molecule has 0 bridgehead atoms. The van der Waals surface area contributed by atoms with Gasteiger partial charge in [0.05, 0.1) is 20.3 Å². The number of hydrogen-bond donors (Lipinski definition) is 1. The van der Waals surface area contributed by atoms with Crippen LogP contribution in [0, 0.1) is 6.92 Å². The van der Waals surface area contributed by atoms with E-state index in [4.69, 9.17) is 9.47 Å². The van der Waals surface area contributed by atoms with Gasteiger partial charge in [-0.2, -0.15) is 0 Å². The molecule has 0 spiro atoms. The van der Waals surface area contributed by atoms with Crippen molar-refractivity contribution in [2.45, 2.75) is 96.7 Å². The zero-order valence-electron chi connectivity index (χ0n) is 32.7. The van der Waals surface area contributed by atoms with E-state index < -0.39 is 0 Å². The van der Waals surface area contributed by atoms with E-state index in [1.807, 2.05) is 0 Å². The Labute approximate surface area is 318 Å². The van der Waals surface area contributed by atoms with E-state index in [1.165, 1.54) is 82.3 Å². The molecule has 3 aliphatic rings. The fraction of sp³-hybridized carbons (Fsp3) is 0.417. The molecule has 2 aliphatic heterocycles. The second-order valence-electron chi connectivity index (χ2n) is 15.4. The van der Waals surface area contributed by atoms with Crippen molar-refractivity contribution in [1.29, 1.82) is 0 Å². The highest BCUT2D eigenvalue weighted by molar-refractivity contribution is 5.71. The molecule has 5 nitrogen and oxygen atoms in total. The molecule has 7 rings (SSSR count). The largest absolute Gasteiger partial charge is 0.493 e. The molecule has 1 unspecified atom stereocenters. The number of methoxy groups -OCH3 is 2. The predicted octanol–water partition coefficient (Wildman–Crippen LogP) is 10.7. The number of hydrogen-bond acceptors (Lipinski definition) is 5. The fourth-order valence-electron chi connectivity index (χ4n) is 8.68. The number of benzene rings is 4. The summed E-state index contributed by atoms with van der Waals surface area (Å²) in [6, 6.07) is 30.2. The van der Waals surface area contributed by atoms with E-state index in [0.717, 1.165) is 56.9 Å². The van der Waals surface area contributed by atoms with Gasteiger partial charge in [-0.25, -0.2) is 0 Å². The Morgan fingerprint density at radius 3 is 2.32 bits per heavy atom. The first-order chi connectivity index (χ1) is 26.0. The van der Waals surface area contributed by atoms with Crippen LogP contribution in [0.4, 0.5) is 5.69 Å². The molecular formula is C48H59N3O2. The van der Waals surface area contributed by atoms with E-state index in [2.05, 4.69) is 133 Å². The van der Waals surface area contributed by atoms with Crippen LogP contribution in [0.2, 0.25) is 0 Å². The van der Waals surface area contributed by atoms with Crippen LogP contribution in [0.1, 0.15) is 97.7 Å². The summed E-state index contributed by atoms with van der Waals surface area (Å²) in [6.07, 6.45) is 16.3. The van der Waals surface area contributed by atoms with Gasteiger partial charge in [0.25, 0.3) is 0 Å². The van der Waals surface area contributed by atoms with Gasteiger partial charge in [0, 0.05) is 43.5 Å². The Balaban J connectivity index is 1.04. The summed E-state index contributed by atoms with van der Waals surface area (Å²) < 4.78 is 11.6. The highest BCUT2D eigenvalue weighted by atomic mass is 16.5. The molecule has 1 atom stereocenters. The number of likely N-dealkylation sites (tertiary alicyclic amines) is 1. The molecular weight excluding hydrogens is 651 g/mol. The van der Waals surface area contributed by atoms with Gasteiger partial charge in [0.15, 0.2) is 11.5 Å². The van der Waals surface area contributed by atoms with E-state index in [0.29, 0.717) is 12.0 Å². The molecule has 278 valence electrons. The van der Waals surface area contributed by atoms with Gasteiger partial charge in [-0.15, -0.1) is 0 Å². The topological polar surface area (TPSA) is 37.0 Å². The number of ether oxygens (including phenoxy) is 2. The third-order valence-electron chi connectivity index (χ3n) is 11.6. The lowest BCUT2D eigenvalue weighted by atomic mass is 9.89. The monoisotopic (exact) mass is 709 g/mol.